The zero-order valence-electron chi connectivity index (χ0n) is 15.2. The molecule has 1 aromatic heterocycles. The Hall–Kier alpha value is -2.95. The van der Waals surface area contributed by atoms with E-state index in [2.05, 4.69) is 0 Å². The van der Waals surface area contributed by atoms with Gasteiger partial charge in [0.1, 0.15) is 16.5 Å². The lowest BCUT2D eigenvalue weighted by Gasteiger charge is -2.15. The summed E-state index contributed by atoms with van der Waals surface area (Å²) in [6.45, 7) is 6.87. The summed E-state index contributed by atoms with van der Waals surface area (Å²) in [5.41, 5.74) is 1.32. The van der Waals surface area contributed by atoms with Crippen LogP contribution in [-0.2, 0) is 0 Å². The second-order valence-electron chi connectivity index (χ2n) is 5.52. The normalized spacial score (nSPS) is 10.7. The van der Waals surface area contributed by atoms with Crippen LogP contribution in [0.15, 0.2) is 51.7 Å². The monoisotopic (exact) mass is 354 g/mol. The predicted octanol–water partition coefficient (Wildman–Crippen LogP) is 4.66. The van der Waals surface area contributed by atoms with Crippen molar-refractivity contribution < 1.29 is 18.6 Å². The fraction of sp³-hybridized carbons (Fsp3) is 0.286. The van der Waals surface area contributed by atoms with E-state index in [1.807, 2.05) is 51.1 Å². The lowest BCUT2D eigenvalue weighted by atomic mass is 10.0. The van der Waals surface area contributed by atoms with Crippen LogP contribution in [0.5, 0.6) is 17.4 Å². The van der Waals surface area contributed by atoms with Crippen molar-refractivity contribution in [3.63, 3.8) is 0 Å². The molecule has 0 aliphatic heterocycles. The van der Waals surface area contributed by atoms with Crippen LogP contribution in [0.1, 0.15) is 20.8 Å². The molecule has 26 heavy (non-hydrogen) atoms. The smallest absolute Gasteiger partial charge is 0.297 e. The van der Waals surface area contributed by atoms with Crippen LogP contribution in [-0.4, -0.2) is 19.8 Å². The molecule has 5 nitrogen and oxygen atoms in total. The van der Waals surface area contributed by atoms with Crippen molar-refractivity contribution >= 4 is 11.0 Å². The molecule has 3 aromatic rings. The van der Waals surface area contributed by atoms with Gasteiger partial charge < -0.3 is 18.6 Å². The SMILES string of the molecule is CCOc1ccc2oc(OCC)c(-c3ccccc3)c(=O)c2c1OCC. The van der Waals surface area contributed by atoms with Crippen molar-refractivity contribution in [1.82, 2.24) is 0 Å². The van der Waals surface area contributed by atoms with Gasteiger partial charge >= 0.3 is 0 Å². The Morgan fingerprint density at radius 1 is 0.846 bits per heavy atom. The van der Waals surface area contributed by atoms with Gasteiger partial charge in [-0.2, -0.15) is 0 Å². The van der Waals surface area contributed by atoms with Gasteiger partial charge in [-0.25, -0.2) is 0 Å². The summed E-state index contributed by atoms with van der Waals surface area (Å²) < 4.78 is 22.9. The van der Waals surface area contributed by atoms with E-state index in [1.165, 1.54) is 0 Å². The van der Waals surface area contributed by atoms with E-state index in [0.717, 1.165) is 5.56 Å². The summed E-state index contributed by atoms with van der Waals surface area (Å²) in [6, 6.07) is 12.8. The van der Waals surface area contributed by atoms with Crippen molar-refractivity contribution in [3.8, 4) is 28.6 Å². The first-order valence-electron chi connectivity index (χ1n) is 8.78. The van der Waals surface area contributed by atoms with Gasteiger partial charge in [-0.3, -0.25) is 4.79 Å². The lowest BCUT2D eigenvalue weighted by molar-refractivity contribution is 0.261. The van der Waals surface area contributed by atoms with Crippen molar-refractivity contribution in [2.24, 2.45) is 0 Å². The number of rotatable bonds is 7. The molecule has 2 aromatic carbocycles. The molecule has 0 saturated heterocycles. The third-order valence-corrected chi connectivity index (χ3v) is 3.87. The average molecular weight is 354 g/mol. The van der Waals surface area contributed by atoms with Crippen molar-refractivity contribution in [2.75, 3.05) is 19.8 Å². The van der Waals surface area contributed by atoms with E-state index in [4.69, 9.17) is 18.6 Å². The van der Waals surface area contributed by atoms with E-state index >= 15 is 0 Å². The highest BCUT2D eigenvalue weighted by atomic mass is 16.6. The average Bonchev–Trinajstić information content (AvgIpc) is 2.65. The van der Waals surface area contributed by atoms with Gasteiger partial charge in [0.15, 0.2) is 11.5 Å². The van der Waals surface area contributed by atoms with Crippen molar-refractivity contribution in [1.29, 1.82) is 0 Å². The standard InChI is InChI=1S/C21H22O5/c1-4-23-16-13-12-15-18(20(16)24-5-2)19(22)17(21(26-15)25-6-3)14-10-8-7-9-11-14/h7-13H,4-6H2,1-3H3. The van der Waals surface area contributed by atoms with Gasteiger partial charge in [0.25, 0.3) is 5.95 Å². The molecule has 0 unspecified atom stereocenters. The van der Waals surface area contributed by atoms with E-state index in [-0.39, 0.29) is 11.4 Å². The maximum Gasteiger partial charge on any atom is 0.297 e. The van der Waals surface area contributed by atoms with Gasteiger partial charge in [0.2, 0.25) is 5.43 Å². The quantitative estimate of drug-likeness (QED) is 0.618. The summed E-state index contributed by atoms with van der Waals surface area (Å²) in [5, 5.41) is 0.361. The Labute approximate surface area is 152 Å². The molecule has 0 spiro atoms. The van der Waals surface area contributed by atoms with Crippen LogP contribution in [0.2, 0.25) is 0 Å². The summed E-state index contributed by atoms with van der Waals surface area (Å²) in [4.78, 5) is 13.4. The van der Waals surface area contributed by atoms with E-state index in [9.17, 15) is 4.79 Å². The van der Waals surface area contributed by atoms with E-state index in [1.54, 1.807) is 12.1 Å². The Kier molecular flexibility index (Phi) is 5.46. The number of ether oxygens (including phenoxy) is 3. The molecule has 136 valence electrons. The minimum Gasteiger partial charge on any atom is -0.490 e. The van der Waals surface area contributed by atoms with E-state index in [0.29, 0.717) is 47.9 Å². The van der Waals surface area contributed by atoms with Crippen LogP contribution < -0.4 is 19.6 Å². The first kappa shape index (κ1) is 17.9. The van der Waals surface area contributed by atoms with Crippen LogP contribution in [0.25, 0.3) is 22.1 Å². The summed E-state index contributed by atoms with van der Waals surface area (Å²) in [6.07, 6.45) is 0. The number of fused-ring (bicyclic) bond motifs is 1. The molecule has 0 saturated carbocycles. The molecule has 1 heterocycles. The van der Waals surface area contributed by atoms with Gasteiger partial charge in [-0.1, -0.05) is 30.3 Å². The summed E-state index contributed by atoms with van der Waals surface area (Å²) in [7, 11) is 0. The third-order valence-electron chi connectivity index (χ3n) is 3.87. The first-order valence-corrected chi connectivity index (χ1v) is 8.78. The minimum atomic E-state index is -0.203. The molecule has 5 heteroatoms. The van der Waals surface area contributed by atoms with Crippen LogP contribution in [0.3, 0.4) is 0 Å². The van der Waals surface area contributed by atoms with Gasteiger partial charge in [0.05, 0.1) is 19.8 Å². The highest BCUT2D eigenvalue weighted by Crippen LogP contribution is 2.38. The third kappa shape index (κ3) is 3.25. The largest absolute Gasteiger partial charge is 0.490 e. The summed E-state index contributed by atoms with van der Waals surface area (Å²) >= 11 is 0. The maximum absolute atomic E-state index is 13.4. The molecule has 3 rings (SSSR count). The first-order chi connectivity index (χ1) is 12.7. The Bertz CT molecular complexity index is 944. The number of hydrogen-bond acceptors (Lipinski definition) is 5. The molecule has 0 amide bonds. The molecule has 0 bridgehead atoms. The zero-order chi connectivity index (χ0) is 18.5. The molecule has 0 radical (unpaired) electrons. The van der Waals surface area contributed by atoms with Crippen molar-refractivity contribution in [2.45, 2.75) is 20.8 Å². The molecule has 0 N–H and O–H groups in total. The second-order valence-corrected chi connectivity index (χ2v) is 5.52. The molecular formula is C21H22O5. The number of hydrogen-bond donors (Lipinski definition) is 0. The second kappa shape index (κ2) is 7.95. The predicted molar refractivity (Wildman–Crippen MR) is 101 cm³/mol. The fourth-order valence-electron chi connectivity index (χ4n) is 2.86. The van der Waals surface area contributed by atoms with Gasteiger partial charge in [-0.05, 0) is 38.5 Å². The molecule has 0 aliphatic rings. The van der Waals surface area contributed by atoms with Gasteiger partial charge in [-0.15, -0.1) is 0 Å². The lowest BCUT2D eigenvalue weighted by Crippen LogP contribution is -2.11. The molecule has 0 atom stereocenters. The Morgan fingerprint density at radius 2 is 1.54 bits per heavy atom. The molecule has 0 fully saturated rings. The van der Waals surface area contributed by atoms with Gasteiger partial charge in [0, 0.05) is 0 Å². The van der Waals surface area contributed by atoms with Crippen molar-refractivity contribution in [3.05, 3.63) is 52.7 Å². The Morgan fingerprint density at radius 3 is 2.19 bits per heavy atom. The van der Waals surface area contributed by atoms with E-state index < -0.39 is 0 Å². The molecular weight excluding hydrogens is 332 g/mol. The fourth-order valence-corrected chi connectivity index (χ4v) is 2.86. The van der Waals surface area contributed by atoms with Crippen LogP contribution in [0, 0.1) is 0 Å². The summed E-state index contributed by atoms with van der Waals surface area (Å²) in [5.74, 6) is 1.14. The van der Waals surface area contributed by atoms with Crippen LogP contribution in [0.4, 0.5) is 0 Å². The molecule has 0 aliphatic carbocycles. The highest BCUT2D eigenvalue weighted by Gasteiger charge is 2.22. The minimum absolute atomic E-state index is 0.203. The topological polar surface area (TPSA) is 57.9 Å². The maximum atomic E-state index is 13.4. The number of benzene rings is 2. The highest BCUT2D eigenvalue weighted by molar-refractivity contribution is 5.91. The zero-order valence-corrected chi connectivity index (χ0v) is 15.2. The van der Waals surface area contributed by atoms with Crippen LogP contribution >= 0.6 is 0 Å². The Balaban J connectivity index is 2.38.